The van der Waals surface area contributed by atoms with E-state index in [1.54, 1.807) is 13.8 Å². The predicted molar refractivity (Wildman–Crippen MR) is 61.1 cm³/mol. The van der Waals surface area contributed by atoms with Crippen molar-refractivity contribution in [2.75, 3.05) is 6.61 Å². The van der Waals surface area contributed by atoms with Crippen LogP contribution in [0.2, 0.25) is 0 Å². The molecule has 2 N–H and O–H groups in total. The van der Waals surface area contributed by atoms with Gasteiger partial charge in [-0.3, -0.25) is 4.57 Å². The van der Waals surface area contributed by atoms with Gasteiger partial charge in [-0.1, -0.05) is 20.4 Å². The van der Waals surface area contributed by atoms with Crippen LogP contribution >= 0.6 is 7.60 Å². The van der Waals surface area contributed by atoms with Gasteiger partial charge in [0.15, 0.2) is 0 Å². The zero-order valence-corrected chi connectivity index (χ0v) is 10.7. The molecule has 0 heterocycles. The quantitative estimate of drug-likeness (QED) is 0.426. The van der Waals surface area contributed by atoms with Crippen LogP contribution in [-0.2, 0) is 14.1 Å². The lowest BCUT2D eigenvalue weighted by atomic mass is 10.1. The fourth-order valence-electron chi connectivity index (χ4n) is 1.29. The van der Waals surface area contributed by atoms with E-state index in [0.29, 0.717) is 0 Å². The predicted octanol–water partition coefficient (Wildman–Crippen LogP) is 1.70. The van der Waals surface area contributed by atoms with Gasteiger partial charge in [-0.2, -0.15) is 0 Å². The molecule has 5 nitrogen and oxygen atoms in total. The molecule has 0 saturated heterocycles. The molecule has 0 bridgehead atoms. The Kier molecular flexibility index (Phi) is 5.94. The number of carbonyl (C=O) groups is 1. The van der Waals surface area contributed by atoms with Gasteiger partial charge in [0.1, 0.15) is 0 Å². The van der Waals surface area contributed by atoms with Crippen LogP contribution in [0.25, 0.3) is 0 Å². The lowest BCUT2D eigenvalue weighted by molar-refractivity contribution is -0.139. The molecular weight excluding hydrogens is 231 g/mol. The van der Waals surface area contributed by atoms with Crippen molar-refractivity contribution in [2.45, 2.75) is 32.9 Å². The standard InChI is InChI=1S/C10H19O5P/c1-7(2)9(16(12,13)14)5-6-15-10(11)8(3)4/h7,9H,3,5-6H2,1-2,4H3,(H2,12,13,14). The number of carbonyl (C=O) groups excluding carboxylic acids is 1. The molecule has 0 saturated carbocycles. The van der Waals surface area contributed by atoms with E-state index in [1.165, 1.54) is 6.92 Å². The third-order valence-electron chi connectivity index (χ3n) is 2.20. The van der Waals surface area contributed by atoms with E-state index in [-0.39, 0.29) is 24.5 Å². The highest BCUT2D eigenvalue weighted by atomic mass is 31.2. The van der Waals surface area contributed by atoms with Crippen molar-refractivity contribution in [2.24, 2.45) is 5.92 Å². The fourth-order valence-corrected chi connectivity index (χ4v) is 2.50. The maximum Gasteiger partial charge on any atom is 0.333 e. The monoisotopic (exact) mass is 250 g/mol. The zero-order chi connectivity index (χ0) is 12.9. The molecule has 0 amide bonds. The number of hydrogen-bond donors (Lipinski definition) is 2. The van der Waals surface area contributed by atoms with Crippen LogP contribution in [0.5, 0.6) is 0 Å². The van der Waals surface area contributed by atoms with Crippen molar-refractivity contribution in [1.82, 2.24) is 0 Å². The summed E-state index contributed by atoms with van der Waals surface area (Å²) in [6.07, 6.45) is 0.154. The summed E-state index contributed by atoms with van der Waals surface area (Å²) in [5, 5.41) is 0. The van der Waals surface area contributed by atoms with E-state index in [1.807, 2.05) is 0 Å². The van der Waals surface area contributed by atoms with Crippen molar-refractivity contribution >= 4 is 13.6 Å². The maximum absolute atomic E-state index is 11.1. The summed E-state index contributed by atoms with van der Waals surface area (Å²) in [4.78, 5) is 29.2. The second-order valence-electron chi connectivity index (χ2n) is 4.11. The molecule has 0 radical (unpaired) electrons. The smallest absolute Gasteiger partial charge is 0.333 e. The van der Waals surface area contributed by atoms with Crippen LogP contribution in [0.1, 0.15) is 27.2 Å². The van der Waals surface area contributed by atoms with Gasteiger partial charge in [0.2, 0.25) is 0 Å². The molecular formula is C10H19O5P. The third kappa shape index (κ3) is 5.45. The van der Waals surface area contributed by atoms with Crippen molar-refractivity contribution < 1.29 is 23.9 Å². The van der Waals surface area contributed by atoms with Crippen LogP contribution in [0.15, 0.2) is 12.2 Å². The number of hydrogen-bond acceptors (Lipinski definition) is 3. The molecule has 1 atom stereocenters. The van der Waals surface area contributed by atoms with Gasteiger partial charge in [0, 0.05) is 5.57 Å². The molecule has 0 rings (SSSR count). The maximum atomic E-state index is 11.1. The summed E-state index contributed by atoms with van der Waals surface area (Å²) in [7, 11) is -4.13. The first-order valence-electron chi connectivity index (χ1n) is 5.04. The molecule has 0 aromatic heterocycles. The van der Waals surface area contributed by atoms with E-state index in [0.717, 1.165) is 0 Å². The van der Waals surface area contributed by atoms with Crippen LogP contribution in [-0.4, -0.2) is 28.0 Å². The highest BCUT2D eigenvalue weighted by Gasteiger charge is 2.31. The molecule has 94 valence electrons. The van der Waals surface area contributed by atoms with Crippen molar-refractivity contribution in [3.63, 3.8) is 0 Å². The molecule has 6 heteroatoms. The van der Waals surface area contributed by atoms with Crippen LogP contribution < -0.4 is 0 Å². The van der Waals surface area contributed by atoms with Gasteiger partial charge in [0.25, 0.3) is 0 Å². The average Bonchev–Trinajstić information content (AvgIpc) is 2.08. The Morgan fingerprint density at radius 1 is 1.44 bits per heavy atom. The highest BCUT2D eigenvalue weighted by Crippen LogP contribution is 2.46. The normalized spacial score (nSPS) is 13.6. The summed E-state index contributed by atoms with van der Waals surface area (Å²) in [5.74, 6) is -0.697. The second-order valence-corrected chi connectivity index (χ2v) is 5.95. The number of rotatable bonds is 6. The first kappa shape index (κ1) is 15.4. The van der Waals surface area contributed by atoms with Crippen molar-refractivity contribution in [1.29, 1.82) is 0 Å². The molecule has 1 unspecified atom stereocenters. The molecule has 0 aromatic carbocycles. The molecule has 16 heavy (non-hydrogen) atoms. The van der Waals surface area contributed by atoms with Gasteiger partial charge in [-0.15, -0.1) is 0 Å². The Hall–Kier alpha value is -0.640. The number of ether oxygens (including phenoxy) is 1. The largest absolute Gasteiger partial charge is 0.462 e. The van der Waals surface area contributed by atoms with E-state index in [2.05, 4.69) is 6.58 Å². The van der Waals surface area contributed by atoms with E-state index in [9.17, 15) is 9.36 Å². The average molecular weight is 250 g/mol. The van der Waals surface area contributed by atoms with E-state index >= 15 is 0 Å². The SMILES string of the molecule is C=C(C)C(=O)OCCC(C(C)C)P(=O)(O)O. The molecule has 0 aliphatic heterocycles. The highest BCUT2D eigenvalue weighted by molar-refractivity contribution is 7.52. The van der Waals surface area contributed by atoms with Crippen LogP contribution in [0, 0.1) is 5.92 Å². The lowest BCUT2D eigenvalue weighted by Crippen LogP contribution is -2.19. The molecule has 0 aliphatic rings. The summed E-state index contributed by atoms with van der Waals surface area (Å²) < 4.78 is 15.9. The molecule has 0 aromatic rings. The second kappa shape index (κ2) is 6.18. The summed E-state index contributed by atoms with van der Waals surface area (Å²) >= 11 is 0. The fraction of sp³-hybridized carbons (Fsp3) is 0.700. The molecule has 0 spiro atoms. The summed E-state index contributed by atoms with van der Waals surface area (Å²) in [5.41, 5.74) is -0.498. The van der Waals surface area contributed by atoms with Crippen LogP contribution in [0.3, 0.4) is 0 Å². The Morgan fingerprint density at radius 2 is 1.94 bits per heavy atom. The van der Waals surface area contributed by atoms with Gasteiger partial charge < -0.3 is 14.5 Å². The van der Waals surface area contributed by atoms with Crippen LogP contribution in [0.4, 0.5) is 0 Å². The van der Waals surface area contributed by atoms with Crippen molar-refractivity contribution in [3.05, 3.63) is 12.2 Å². The zero-order valence-electron chi connectivity index (χ0n) is 9.84. The summed E-state index contributed by atoms with van der Waals surface area (Å²) in [6, 6.07) is 0. The van der Waals surface area contributed by atoms with Gasteiger partial charge in [0.05, 0.1) is 12.3 Å². The minimum absolute atomic E-state index is 0.000347. The van der Waals surface area contributed by atoms with Gasteiger partial charge in [-0.05, 0) is 19.3 Å². The Balaban J connectivity index is 4.21. The van der Waals surface area contributed by atoms with Crippen molar-refractivity contribution in [3.8, 4) is 0 Å². The molecule has 0 fully saturated rings. The Morgan fingerprint density at radius 3 is 2.25 bits per heavy atom. The minimum atomic E-state index is -4.13. The molecule has 0 aliphatic carbocycles. The van der Waals surface area contributed by atoms with E-state index < -0.39 is 19.2 Å². The number of esters is 1. The Bertz CT molecular complexity index is 304. The third-order valence-corrected chi connectivity index (χ3v) is 3.92. The first-order chi connectivity index (χ1) is 7.16. The minimum Gasteiger partial charge on any atom is -0.462 e. The summed E-state index contributed by atoms with van der Waals surface area (Å²) in [6.45, 7) is 8.38. The Labute approximate surface area is 95.7 Å². The first-order valence-corrected chi connectivity index (χ1v) is 6.72. The lowest BCUT2D eigenvalue weighted by Gasteiger charge is -2.21. The van der Waals surface area contributed by atoms with E-state index in [4.69, 9.17) is 14.5 Å². The topological polar surface area (TPSA) is 83.8 Å². The van der Waals surface area contributed by atoms with Gasteiger partial charge >= 0.3 is 13.6 Å². The van der Waals surface area contributed by atoms with Gasteiger partial charge in [-0.25, -0.2) is 4.79 Å².